The summed E-state index contributed by atoms with van der Waals surface area (Å²) in [5.74, 6) is -7.65. The maximum atomic E-state index is 9.74. The quantitative estimate of drug-likeness (QED) is 0.234. The normalized spacial score (nSPS) is 13.2. The van der Waals surface area contributed by atoms with Gasteiger partial charge in [-0.25, -0.2) is 9.59 Å². The fraction of sp³-hybridized carbons (Fsp3) is 0.500. The van der Waals surface area contributed by atoms with E-state index in [1.807, 2.05) is 0 Å². The number of rotatable bonds is 6. The second kappa shape index (κ2) is 19.0. The molecule has 0 aromatic heterocycles. The van der Waals surface area contributed by atoms with Crippen LogP contribution in [0.1, 0.15) is 0 Å². The third-order valence-electron chi connectivity index (χ3n) is 1.59. The van der Waals surface area contributed by atoms with Crippen LogP contribution in [0.4, 0.5) is 0 Å². The Labute approximate surface area is 177 Å². The number of hydrogen-bond acceptors (Lipinski definition) is 10. The van der Waals surface area contributed by atoms with Gasteiger partial charge in [-0.3, -0.25) is 0 Å². The first-order valence-corrected chi connectivity index (χ1v) is 4.53. The number of carboxylic acid groups (broad SMARTS) is 4. The number of carbonyl (C=O) groups is 4. The molecule has 10 N–H and O–H groups in total. The molecule has 0 aromatic rings. The molecule has 0 heterocycles. The van der Waals surface area contributed by atoms with E-state index < -0.39 is 48.3 Å². The molecular formula is C8H14Na2O14. The molecule has 4 unspecified atom stereocenters. The molecule has 0 saturated carbocycles. The molecule has 132 valence electrons. The number of aliphatic hydroxyl groups excluding tert-OH is 4. The average molecular weight is 380 g/mol. The minimum Gasteiger partial charge on any atom is -0.547 e. The first kappa shape index (κ1) is 38.9. The van der Waals surface area contributed by atoms with Crippen molar-refractivity contribution in [3.63, 3.8) is 0 Å². The summed E-state index contributed by atoms with van der Waals surface area (Å²) in [4.78, 5) is 38.8. The molecule has 16 heteroatoms. The van der Waals surface area contributed by atoms with Crippen LogP contribution in [0.2, 0.25) is 0 Å². The van der Waals surface area contributed by atoms with Crippen molar-refractivity contribution in [3.05, 3.63) is 0 Å². The van der Waals surface area contributed by atoms with E-state index in [0.717, 1.165) is 0 Å². The van der Waals surface area contributed by atoms with Crippen molar-refractivity contribution < 1.29 is 130 Å². The largest absolute Gasteiger partial charge is 1.00 e. The molecule has 0 aliphatic rings. The summed E-state index contributed by atoms with van der Waals surface area (Å²) < 4.78 is 0. The monoisotopic (exact) mass is 380 g/mol. The molecule has 24 heavy (non-hydrogen) atoms. The van der Waals surface area contributed by atoms with Crippen molar-refractivity contribution in [2.45, 2.75) is 24.4 Å². The van der Waals surface area contributed by atoms with Crippen molar-refractivity contribution in [1.82, 2.24) is 0 Å². The Kier molecular flexibility index (Phi) is 30.8. The van der Waals surface area contributed by atoms with Crippen molar-refractivity contribution in [2.24, 2.45) is 0 Å². The standard InChI is InChI=1S/2C4H6O6.2Na.2H2O/c2*5-1(3(7)8)2(6)4(9)10;;;;/h2*1-2,5-6H,(H,7,8)(H,9,10);;;2*1H2/q;;2*+1;;/p-2. The van der Waals surface area contributed by atoms with Gasteiger partial charge in [0.1, 0.15) is 12.2 Å². The van der Waals surface area contributed by atoms with E-state index in [-0.39, 0.29) is 70.1 Å². The van der Waals surface area contributed by atoms with Crippen molar-refractivity contribution in [2.75, 3.05) is 0 Å². The van der Waals surface area contributed by atoms with Crippen LogP contribution in [-0.2, 0) is 19.2 Å². The Morgan fingerprint density at radius 1 is 0.583 bits per heavy atom. The van der Waals surface area contributed by atoms with E-state index >= 15 is 0 Å². The smallest absolute Gasteiger partial charge is 0.547 e. The van der Waals surface area contributed by atoms with Crippen LogP contribution in [0.25, 0.3) is 0 Å². The van der Waals surface area contributed by atoms with Crippen molar-refractivity contribution in [1.29, 1.82) is 0 Å². The number of aliphatic hydroxyl groups is 4. The summed E-state index contributed by atoms with van der Waals surface area (Å²) in [6.45, 7) is 0. The Morgan fingerprint density at radius 3 is 0.792 bits per heavy atom. The molecule has 0 spiro atoms. The first-order valence-electron chi connectivity index (χ1n) is 4.53. The van der Waals surface area contributed by atoms with Crippen LogP contribution in [0, 0.1) is 0 Å². The Bertz CT molecular complexity index is 315. The van der Waals surface area contributed by atoms with E-state index in [1.165, 1.54) is 0 Å². The van der Waals surface area contributed by atoms with Gasteiger partial charge in [0.15, 0.2) is 12.2 Å². The number of carboxylic acids is 4. The van der Waals surface area contributed by atoms with Gasteiger partial charge in [0.05, 0.1) is 11.9 Å². The molecular weight excluding hydrogens is 366 g/mol. The van der Waals surface area contributed by atoms with Crippen molar-refractivity contribution in [3.8, 4) is 0 Å². The summed E-state index contributed by atoms with van der Waals surface area (Å²) in [5.41, 5.74) is 0. The van der Waals surface area contributed by atoms with Gasteiger partial charge in [0, 0.05) is 0 Å². The van der Waals surface area contributed by atoms with Gasteiger partial charge in [-0.2, -0.15) is 0 Å². The van der Waals surface area contributed by atoms with Gasteiger partial charge in [-0.05, 0) is 0 Å². The maximum absolute atomic E-state index is 9.74. The van der Waals surface area contributed by atoms with E-state index in [9.17, 15) is 29.4 Å². The minimum absolute atomic E-state index is 0. The zero-order chi connectivity index (χ0) is 16.6. The van der Waals surface area contributed by atoms with Crippen LogP contribution in [-0.4, -0.2) is 89.9 Å². The fourth-order valence-electron chi connectivity index (χ4n) is 0.528. The minimum atomic E-state index is -2.38. The van der Waals surface area contributed by atoms with Crippen LogP contribution in [0.15, 0.2) is 0 Å². The predicted octanol–water partition coefficient (Wildman–Crippen LogP) is -14.6. The van der Waals surface area contributed by atoms with Gasteiger partial charge >= 0.3 is 71.1 Å². The van der Waals surface area contributed by atoms with Gasteiger partial charge in [-0.15, -0.1) is 0 Å². The zero-order valence-electron chi connectivity index (χ0n) is 12.4. The van der Waals surface area contributed by atoms with Crippen molar-refractivity contribution >= 4 is 23.9 Å². The van der Waals surface area contributed by atoms with E-state index in [2.05, 4.69) is 0 Å². The second-order valence-corrected chi connectivity index (χ2v) is 3.09. The number of hydrogen-bond donors (Lipinski definition) is 6. The molecule has 0 fully saturated rings. The summed E-state index contributed by atoms with van der Waals surface area (Å²) in [7, 11) is 0. The Balaban J connectivity index is -0.0000000579. The maximum Gasteiger partial charge on any atom is 1.00 e. The molecule has 0 radical (unpaired) electrons. The SMILES string of the molecule is O.O.O=C([O-])C(O)C(O)C(=O)O.O=C([O-])C(O)C(O)C(=O)O.[Na+].[Na+]. The number of carbonyl (C=O) groups excluding carboxylic acids is 2. The molecule has 0 aliphatic carbocycles. The van der Waals surface area contributed by atoms with Gasteiger partial charge < -0.3 is 61.4 Å². The number of aliphatic carboxylic acids is 4. The van der Waals surface area contributed by atoms with Gasteiger partial charge in [0.2, 0.25) is 0 Å². The summed E-state index contributed by atoms with van der Waals surface area (Å²) in [6.07, 6.45) is -9.41. The molecule has 0 aliphatic heterocycles. The van der Waals surface area contributed by atoms with Gasteiger partial charge in [-0.1, -0.05) is 0 Å². The molecule has 4 atom stereocenters. The van der Waals surface area contributed by atoms with E-state index in [0.29, 0.717) is 0 Å². The summed E-state index contributed by atoms with van der Waals surface area (Å²) in [6, 6.07) is 0. The molecule has 0 bridgehead atoms. The van der Waals surface area contributed by atoms with Gasteiger partial charge in [0.25, 0.3) is 0 Å². The van der Waals surface area contributed by atoms with E-state index in [1.54, 1.807) is 0 Å². The zero-order valence-corrected chi connectivity index (χ0v) is 16.4. The first-order chi connectivity index (χ1) is 8.93. The summed E-state index contributed by atoms with van der Waals surface area (Å²) in [5, 5.41) is 68.3. The Morgan fingerprint density at radius 2 is 0.750 bits per heavy atom. The molecule has 0 aromatic carbocycles. The molecule has 0 rings (SSSR count). The third kappa shape index (κ3) is 16.5. The van der Waals surface area contributed by atoms with Crippen LogP contribution in [0.5, 0.6) is 0 Å². The topological polar surface area (TPSA) is 299 Å². The molecule has 14 nitrogen and oxygen atoms in total. The van der Waals surface area contributed by atoms with Crippen LogP contribution >= 0.6 is 0 Å². The molecule has 0 saturated heterocycles. The second-order valence-electron chi connectivity index (χ2n) is 3.09. The van der Waals surface area contributed by atoms with E-state index in [4.69, 9.17) is 30.6 Å². The van der Waals surface area contributed by atoms with Crippen LogP contribution in [0.3, 0.4) is 0 Å². The van der Waals surface area contributed by atoms with Crippen LogP contribution < -0.4 is 69.3 Å². The fourth-order valence-corrected chi connectivity index (χ4v) is 0.528. The Hall–Kier alpha value is -0.360. The molecule has 0 amide bonds. The third-order valence-corrected chi connectivity index (χ3v) is 1.59. The summed E-state index contributed by atoms with van der Waals surface area (Å²) >= 11 is 0. The predicted molar refractivity (Wildman–Crippen MR) is 56.5 cm³/mol. The average Bonchev–Trinajstić information content (AvgIpc) is 2.35.